The average molecular weight is 333 g/mol. The number of rotatable bonds is 4. The quantitative estimate of drug-likeness (QED) is 0.919. The lowest BCUT2D eigenvalue weighted by Gasteiger charge is -2.43. The summed E-state index contributed by atoms with van der Waals surface area (Å²) in [6.45, 7) is 0.839. The molecule has 2 atom stereocenters. The van der Waals surface area contributed by atoms with E-state index >= 15 is 0 Å². The summed E-state index contributed by atoms with van der Waals surface area (Å²) >= 11 is 2.02. The summed E-state index contributed by atoms with van der Waals surface area (Å²) < 4.78 is 0. The molecule has 4 nitrogen and oxygen atoms in total. The van der Waals surface area contributed by atoms with Crippen molar-refractivity contribution in [1.82, 2.24) is 4.90 Å². The summed E-state index contributed by atoms with van der Waals surface area (Å²) in [6, 6.07) is 7.37. The molecular formula is C18H23NO3S. The number of carboxylic acid groups (broad SMARTS) is 1. The number of aromatic carboxylic acids is 1. The van der Waals surface area contributed by atoms with Crippen LogP contribution in [0.1, 0.15) is 48.0 Å². The lowest BCUT2D eigenvalue weighted by atomic mass is 9.92. The molecule has 1 amide bonds. The number of carboxylic acids is 1. The highest BCUT2D eigenvalue weighted by Crippen LogP contribution is 2.35. The molecule has 5 heteroatoms. The van der Waals surface area contributed by atoms with Gasteiger partial charge in [-0.05, 0) is 30.9 Å². The Morgan fingerprint density at radius 1 is 1.22 bits per heavy atom. The topological polar surface area (TPSA) is 57.6 Å². The second-order valence-corrected chi connectivity index (χ2v) is 7.66. The summed E-state index contributed by atoms with van der Waals surface area (Å²) in [5, 5.41) is 9.84. The molecule has 0 radical (unpaired) electrons. The first-order valence-corrected chi connectivity index (χ1v) is 9.44. The van der Waals surface area contributed by atoms with Crippen LogP contribution in [0.4, 0.5) is 0 Å². The Hall–Kier alpha value is -1.49. The van der Waals surface area contributed by atoms with Gasteiger partial charge in [0.2, 0.25) is 5.91 Å². The fourth-order valence-electron chi connectivity index (χ4n) is 3.74. The Morgan fingerprint density at radius 3 is 2.83 bits per heavy atom. The molecule has 1 saturated carbocycles. The van der Waals surface area contributed by atoms with Crippen molar-refractivity contribution in [2.45, 2.75) is 49.8 Å². The third-order valence-electron chi connectivity index (χ3n) is 4.91. The fourth-order valence-corrected chi connectivity index (χ4v) is 5.18. The molecule has 124 valence electrons. The summed E-state index contributed by atoms with van der Waals surface area (Å²) in [5.74, 6) is 0.288. The van der Waals surface area contributed by atoms with Crippen molar-refractivity contribution >= 4 is 23.6 Å². The largest absolute Gasteiger partial charge is 0.478 e. The highest BCUT2D eigenvalue weighted by atomic mass is 32.2. The number of hydrogen-bond acceptors (Lipinski definition) is 3. The Labute approximate surface area is 141 Å². The maximum atomic E-state index is 12.7. The van der Waals surface area contributed by atoms with Gasteiger partial charge in [0.25, 0.3) is 0 Å². The van der Waals surface area contributed by atoms with E-state index < -0.39 is 5.97 Å². The van der Waals surface area contributed by atoms with E-state index in [0.717, 1.165) is 24.3 Å². The predicted molar refractivity (Wildman–Crippen MR) is 91.9 cm³/mol. The van der Waals surface area contributed by atoms with E-state index in [1.54, 1.807) is 12.1 Å². The Balaban J connectivity index is 1.64. The highest BCUT2D eigenvalue weighted by Gasteiger charge is 2.35. The lowest BCUT2D eigenvalue weighted by molar-refractivity contribution is -0.134. The normalized spacial score (nSPS) is 24.1. The molecular weight excluding hydrogens is 310 g/mol. The molecule has 1 aromatic carbocycles. The number of carbonyl (C=O) groups is 2. The van der Waals surface area contributed by atoms with Gasteiger partial charge in [-0.25, -0.2) is 4.79 Å². The van der Waals surface area contributed by atoms with Gasteiger partial charge in [0, 0.05) is 30.0 Å². The molecule has 0 bridgehead atoms. The minimum absolute atomic E-state index is 0.183. The molecule has 3 rings (SSSR count). The second-order valence-electron chi connectivity index (χ2n) is 6.31. The Kier molecular flexibility index (Phi) is 5.26. The zero-order valence-corrected chi connectivity index (χ0v) is 14.1. The highest BCUT2D eigenvalue weighted by molar-refractivity contribution is 8.00. The van der Waals surface area contributed by atoms with Gasteiger partial charge in [-0.3, -0.25) is 4.79 Å². The zero-order chi connectivity index (χ0) is 16.2. The number of fused-ring (bicyclic) bond motifs is 1. The number of benzene rings is 1. The molecule has 2 unspecified atom stereocenters. The molecule has 1 aromatic rings. The summed E-state index contributed by atoms with van der Waals surface area (Å²) in [7, 11) is 0. The fraction of sp³-hybridized carbons (Fsp3) is 0.556. The van der Waals surface area contributed by atoms with Crippen LogP contribution in [0.25, 0.3) is 0 Å². The van der Waals surface area contributed by atoms with E-state index in [4.69, 9.17) is 0 Å². The van der Waals surface area contributed by atoms with Gasteiger partial charge in [-0.2, -0.15) is 11.8 Å². The standard InChI is InChI=1S/C18H23NO3S/c20-17(10-9-13-5-1-2-6-14(13)18(21)22)19-11-12-23-16-8-4-3-7-15(16)19/h1-2,5-6,15-16H,3-4,7-12H2,(H,21,22). The van der Waals surface area contributed by atoms with Crippen molar-refractivity contribution in [3.63, 3.8) is 0 Å². The van der Waals surface area contributed by atoms with Crippen LogP contribution >= 0.6 is 11.8 Å². The Bertz CT molecular complexity index is 587. The first kappa shape index (κ1) is 16.4. The number of aryl methyl sites for hydroxylation is 1. The van der Waals surface area contributed by atoms with Crippen molar-refractivity contribution in [1.29, 1.82) is 0 Å². The number of hydrogen-bond donors (Lipinski definition) is 1. The van der Waals surface area contributed by atoms with Crippen LogP contribution in [0.2, 0.25) is 0 Å². The minimum atomic E-state index is -0.922. The van der Waals surface area contributed by atoms with Gasteiger partial charge in [0.1, 0.15) is 0 Å². The minimum Gasteiger partial charge on any atom is -0.478 e. The van der Waals surface area contributed by atoms with Crippen LogP contribution in [-0.2, 0) is 11.2 Å². The SMILES string of the molecule is O=C(O)c1ccccc1CCC(=O)N1CCSC2CCCCC21. The molecule has 0 spiro atoms. The first-order chi connectivity index (χ1) is 11.2. The smallest absolute Gasteiger partial charge is 0.335 e. The van der Waals surface area contributed by atoms with Gasteiger partial charge < -0.3 is 10.0 Å². The van der Waals surface area contributed by atoms with Crippen LogP contribution in [0.3, 0.4) is 0 Å². The molecule has 1 saturated heterocycles. The van der Waals surface area contributed by atoms with Crippen LogP contribution in [-0.4, -0.2) is 45.5 Å². The first-order valence-electron chi connectivity index (χ1n) is 8.39. The van der Waals surface area contributed by atoms with Crippen molar-refractivity contribution in [2.24, 2.45) is 0 Å². The van der Waals surface area contributed by atoms with Crippen molar-refractivity contribution in [3.8, 4) is 0 Å². The van der Waals surface area contributed by atoms with Crippen LogP contribution in [0, 0.1) is 0 Å². The molecule has 2 fully saturated rings. The molecule has 23 heavy (non-hydrogen) atoms. The second kappa shape index (κ2) is 7.39. The Morgan fingerprint density at radius 2 is 2.00 bits per heavy atom. The van der Waals surface area contributed by atoms with Crippen molar-refractivity contribution in [3.05, 3.63) is 35.4 Å². The van der Waals surface area contributed by atoms with E-state index in [1.807, 2.05) is 23.9 Å². The third-order valence-corrected chi connectivity index (χ3v) is 6.30. The van der Waals surface area contributed by atoms with Crippen LogP contribution in [0.15, 0.2) is 24.3 Å². The lowest BCUT2D eigenvalue weighted by Crippen LogP contribution is -2.51. The number of thioether (sulfide) groups is 1. The summed E-state index contributed by atoms with van der Waals surface area (Å²) in [6.07, 6.45) is 5.74. The molecule has 1 heterocycles. The molecule has 1 aliphatic carbocycles. The molecule has 2 aliphatic rings. The summed E-state index contributed by atoms with van der Waals surface area (Å²) in [5.41, 5.74) is 1.06. The summed E-state index contributed by atoms with van der Waals surface area (Å²) in [4.78, 5) is 26.0. The van der Waals surface area contributed by atoms with Crippen LogP contribution < -0.4 is 0 Å². The average Bonchev–Trinajstić information content (AvgIpc) is 2.59. The van der Waals surface area contributed by atoms with E-state index in [-0.39, 0.29) is 5.91 Å². The van der Waals surface area contributed by atoms with Gasteiger partial charge in [-0.15, -0.1) is 0 Å². The third kappa shape index (κ3) is 3.71. The monoisotopic (exact) mass is 333 g/mol. The van der Waals surface area contributed by atoms with Crippen molar-refractivity contribution in [2.75, 3.05) is 12.3 Å². The number of amides is 1. The molecule has 1 aliphatic heterocycles. The van der Waals surface area contributed by atoms with E-state index in [1.165, 1.54) is 19.3 Å². The van der Waals surface area contributed by atoms with Gasteiger partial charge in [0.15, 0.2) is 0 Å². The van der Waals surface area contributed by atoms with Crippen LogP contribution in [0.5, 0.6) is 0 Å². The van der Waals surface area contributed by atoms with Gasteiger partial charge in [-0.1, -0.05) is 31.0 Å². The van der Waals surface area contributed by atoms with E-state index in [0.29, 0.717) is 29.7 Å². The molecule has 1 N–H and O–H groups in total. The maximum absolute atomic E-state index is 12.7. The predicted octanol–water partition coefficient (Wildman–Crippen LogP) is 3.20. The van der Waals surface area contributed by atoms with E-state index in [9.17, 15) is 14.7 Å². The molecule has 0 aromatic heterocycles. The number of nitrogens with zero attached hydrogens (tertiary/aromatic N) is 1. The number of carbonyl (C=O) groups excluding carboxylic acids is 1. The maximum Gasteiger partial charge on any atom is 0.335 e. The zero-order valence-electron chi connectivity index (χ0n) is 13.2. The van der Waals surface area contributed by atoms with E-state index in [2.05, 4.69) is 4.90 Å². The van der Waals surface area contributed by atoms with Gasteiger partial charge in [0.05, 0.1) is 5.56 Å². The van der Waals surface area contributed by atoms with Crippen molar-refractivity contribution < 1.29 is 14.7 Å². The van der Waals surface area contributed by atoms with Gasteiger partial charge >= 0.3 is 5.97 Å².